The Bertz CT molecular complexity index is 597. The van der Waals surface area contributed by atoms with Crippen LogP contribution in [0.3, 0.4) is 0 Å². The van der Waals surface area contributed by atoms with Crippen LogP contribution in [0.1, 0.15) is 11.1 Å². The van der Waals surface area contributed by atoms with Crippen molar-refractivity contribution in [2.45, 2.75) is 13.0 Å². The van der Waals surface area contributed by atoms with Crippen molar-refractivity contribution in [1.82, 2.24) is 0 Å². The largest absolute Gasteiger partial charge is 0.497 e. The van der Waals surface area contributed by atoms with Crippen molar-refractivity contribution in [3.05, 3.63) is 69.8 Å². The summed E-state index contributed by atoms with van der Waals surface area (Å²) in [5, 5.41) is 13.0. The highest BCUT2D eigenvalue weighted by Crippen LogP contribution is 2.16. The Kier molecular flexibility index (Phi) is 5.29. The second kappa shape index (κ2) is 7.40. The fourth-order valence-electron chi connectivity index (χ4n) is 2.18. The van der Waals surface area contributed by atoms with E-state index >= 15 is 0 Å². The summed E-state index contributed by atoms with van der Waals surface area (Å²) in [6, 6.07) is 14.8. The number of para-hydroxylation sites is 1. The van der Waals surface area contributed by atoms with Gasteiger partial charge in [0.1, 0.15) is 12.3 Å². The molecule has 0 fully saturated rings. The molecule has 0 bridgehead atoms. The fraction of sp³-hybridized carbons (Fsp3) is 0.250. The van der Waals surface area contributed by atoms with E-state index in [1.54, 1.807) is 19.2 Å². The average molecular weight is 287 g/mol. The van der Waals surface area contributed by atoms with Crippen molar-refractivity contribution < 1.29 is 15.0 Å². The maximum absolute atomic E-state index is 10.9. The summed E-state index contributed by atoms with van der Waals surface area (Å²) >= 11 is 0. The van der Waals surface area contributed by atoms with E-state index in [0.29, 0.717) is 6.54 Å². The van der Waals surface area contributed by atoms with E-state index in [2.05, 4.69) is 5.32 Å². The fourth-order valence-corrected chi connectivity index (χ4v) is 2.18. The zero-order valence-corrected chi connectivity index (χ0v) is 12.0. The minimum Gasteiger partial charge on any atom is -0.497 e. The molecule has 5 nitrogen and oxygen atoms in total. The first-order valence-electron chi connectivity index (χ1n) is 6.87. The summed E-state index contributed by atoms with van der Waals surface area (Å²) in [4.78, 5) is 10.6. The number of hydrogen-bond donors (Lipinski definition) is 1. The van der Waals surface area contributed by atoms with Crippen molar-refractivity contribution in [2.75, 3.05) is 13.7 Å². The van der Waals surface area contributed by atoms with Crippen LogP contribution in [0.15, 0.2) is 48.5 Å². The molecule has 0 radical (unpaired) electrons. The number of nitrogens with zero attached hydrogens (tertiary/aromatic N) is 1. The van der Waals surface area contributed by atoms with Gasteiger partial charge in [0.05, 0.1) is 24.1 Å². The lowest BCUT2D eigenvalue weighted by atomic mass is 10.1. The number of nitro groups is 1. The third kappa shape index (κ3) is 4.29. The van der Waals surface area contributed by atoms with Crippen LogP contribution < -0.4 is 10.1 Å². The van der Waals surface area contributed by atoms with E-state index in [1.165, 1.54) is 5.56 Å². The van der Waals surface area contributed by atoms with Gasteiger partial charge in [0, 0.05) is 12.5 Å². The lowest BCUT2D eigenvalue weighted by molar-refractivity contribution is -0.670. The van der Waals surface area contributed by atoms with Crippen LogP contribution in [0.4, 0.5) is 5.69 Å². The smallest absolute Gasteiger partial charge is 0.278 e. The molecule has 0 aliphatic heterocycles. The monoisotopic (exact) mass is 287 g/mol. The third-order valence-electron chi connectivity index (χ3n) is 3.35. The lowest BCUT2D eigenvalue weighted by Crippen LogP contribution is -2.83. The van der Waals surface area contributed by atoms with Crippen molar-refractivity contribution in [3.63, 3.8) is 0 Å². The van der Waals surface area contributed by atoms with E-state index in [-0.39, 0.29) is 10.6 Å². The van der Waals surface area contributed by atoms with Crippen molar-refractivity contribution >= 4 is 5.69 Å². The minimum atomic E-state index is -0.327. The summed E-state index contributed by atoms with van der Waals surface area (Å²) in [5.74, 6) is 0.850. The van der Waals surface area contributed by atoms with E-state index in [1.807, 2.05) is 36.4 Å². The maximum Gasteiger partial charge on any atom is 0.278 e. The summed E-state index contributed by atoms with van der Waals surface area (Å²) < 4.78 is 5.12. The second-order valence-corrected chi connectivity index (χ2v) is 4.77. The SMILES string of the molecule is COc1ccc(CC[NH2+]Cc2ccccc2[N+](=O)[O-])cc1. The molecular weight excluding hydrogens is 268 g/mol. The van der Waals surface area contributed by atoms with Gasteiger partial charge in [-0.15, -0.1) is 0 Å². The first kappa shape index (κ1) is 15.0. The third-order valence-corrected chi connectivity index (χ3v) is 3.35. The highest BCUT2D eigenvalue weighted by atomic mass is 16.6. The van der Waals surface area contributed by atoms with Gasteiger partial charge in [0.25, 0.3) is 5.69 Å². The Labute approximate surface area is 123 Å². The predicted molar refractivity (Wildman–Crippen MR) is 80.3 cm³/mol. The molecule has 5 heteroatoms. The van der Waals surface area contributed by atoms with Crippen LogP contribution in [0.2, 0.25) is 0 Å². The molecule has 2 rings (SSSR count). The molecular formula is C16H19N2O3+. The molecule has 0 saturated carbocycles. The molecule has 2 N–H and O–H groups in total. The van der Waals surface area contributed by atoms with Gasteiger partial charge < -0.3 is 10.1 Å². The number of methoxy groups -OCH3 is 1. The first-order valence-corrected chi connectivity index (χ1v) is 6.87. The number of ether oxygens (including phenoxy) is 1. The Hall–Kier alpha value is -2.40. The normalized spacial score (nSPS) is 10.3. The summed E-state index contributed by atoms with van der Waals surface area (Å²) in [5.41, 5.74) is 2.19. The van der Waals surface area contributed by atoms with Gasteiger partial charge in [-0.1, -0.05) is 24.3 Å². The molecule has 0 heterocycles. The molecule has 2 aromatic rings. The molecule has 0 aromatic heterocycles. The quantitative estimate of drug-likeness (QED) is 0.480. The number of benzene rings is 2. The Morgan fingerprint density at radius 2 is 1.86 bits per heavy atom. The van der Waals surface area contributed by atoms with Crippen LogP contribution in [-0.2, 0) is 13.0 Å². The zero-order valence-electron chi connectivity index (χ0n) is 12.0. The lowest BCUT2D eigenvalue weighted by Gasteiger charge is -2.04. The summed E-state index contributed by atoms with van der Waals surface area (Å²) in [6.07, 6.45) is 0.921. The molecule has 0 atom stereocenters. The highest BCUT2D eigenvalue weighted by Gasteiger charge is 2.12. The molecule has 0 spiro atoms. The number of nitrogens with two attached hydrogens (primary N) is 1. The first-order chi connectivity index (χ1) is 10.2. The van der Waals surface area contributed by atoms with Gasteiger partial charge in [-0.25, -0.2) is 0 Å². The average Bonchev–Trinajstić information content (AvgIpc) is 2.52. The van der Waals surface area contributed by atoms with Gasteiger partial charge in [-0.05, 0) is 23.8 Å². The molecule has 0 amide bonds. The highest BCUT2D eigenvalue weighted by molar-refractivity contribution is 5.38. The Morgan fingerprint density at radius 1 is 1.14 bits per heavy atom. The molecule has 0 unspecified atom stereocenters. The Balaban J connectivity index is 1.83. The predicted octanol–water partition coefficient (Wildman–Crippen LogP) is 1.91. The molecule has 21 heavy (non-hydrogen) atoms. The van der Waals surface area contributed by atoms with Gasteiger partial charge >= 0.3 is 0 Å². The van der Waals surface area contributed by atoms with Crippen LogP contribution in [0, 0.1) is 10.1 Å². The molecule has 0 aliphatic rings. The number of nitro benzene ring substituents is 1. The van der Waals surface area contributed by atoms with Crippen molar-refractivity contribution in [1.29, 1.82) is 0 Å². The second-order valence-electron chi connectivity index (χ2n) is 4.77. The van der Waals surface area contributed by atoms with E-state index in [4.69, 9.17) is 4.74 Å². The van der Waals surface area contributed by atoms with Crippen LogP contribution in [0.25, 0.3) is 0 Å². The van der Waals surface area contributed by atoms with E-state index in [0.717, 1.165) is 24.3 Å². The number of rotatable bonds is 7. The molecule has 110 valence electrons. The molecule has 2 aromatic carbocycles. The van der Waals surface area contributed by atoms with Crippen molar-refractivity contribution in [3.8, 4) is 5.75 Å². The minimum absolute atomic E-state index is 0.193. The van der Waals surface area contributed by atoms with Crippen LogP contribution in [-0.4, -0.2) is 18.6 Å². The van der Waals surface area contributed by atoms with Crippen LogP contribution >= 0.6 is 0 Å². The Morgan fingerprint density at radius 3 is 2.52 bits per heavy atom. The maximum atomic E-state index is 10.9. The van der Waals surface area contributed by atoms with Crippen LogP contribution in [0.5, 0.6) is 5.75 Å². The van der Waals surface area contributed by atoms with Crippen molar-refractivity contribution in [2.24, 2.45) is 0 Å². The van der Waals surface area contributed by atoms with E-state index in [9.17, 15) is 10.1 Å². The van der Waals surface area contributed by atoms with E-state index < -0.39 is 0 Å². The standard InChI is InChI=1S/C16H18N2O3/c1-21-15-8-6-13(7-9-15)10-11-17-12-14-4-2-3-5-16(14)18(19)20/h2-9,17H,10-12H2,1H3/p+1. The molecule has 0 aliphatic carbocycles. The van der Waals surface area contributed by atoms with Gasteiger partial charge in [0.15, 0.2) is 0 Å². The summed E-state index contributed by atoms with van der Waals surface area (Å²) in [6.45, 7) is 1.51. The number of hydrogen-bond acceptors (Lipinski definition) is 3. The van der Waals surface area contributed by atoms with Gasteiger partial charge in [-0.3, -0.25) is 10.1 Å². The summed E-state index contributed by atoms with van der Waals surface area (Å²) in [7, 11) is 1.65. The van der Waals surface area contributed by atoms with Gasteiger partial charge in [0.2, 0.25) is 0 Å². The van der Waals surface area contributed by atoms with Gasteiger partial charge in [-0.2, -0.15) is 0 Å². The number of quaternary nitrogens is 1. The topological polar surface area (TPSA) is 69.0 Å². The zero-order chi connectivity index (χ0) is 15.1. The molecule has 0 saturated heterocycles.